The average molecular weight is 176 g/mol. The molecular weight excluding hydrogens is 158 g/mol. The van der Waals surface area contributed by atoms with Crippen LogP contribution in [-0.2, 0) is 0 Å². The molecule has 0 amide bonds. The third-order valence-corrected chi connectivity index (χ3v) is 2.03. The van der Waals surface area contributed by atoms with Gasteiger partial charge in [-0.3, -0.25) is 0 Å². The van der Waals surface area contributed by atoms with Crippen LogP contribution in [0.25, 0.3) is 0 Å². The van der Waals surface area contributed by atoms with Gasteiger partial charge < -0.3 is 5.32 Å². The predicted molar refractivity (Wildman–Crippen MR) is 52.3 cm³/mol. The quantitative estimate of drug-likeness (QED) is 0.558. The van der Waals surface area contributed by atoms with Gasteiger partial charge >= 0.3 is 0 Å². The fourth-order valence-corrected chi connectivity index (χ4v) is 1.30. The van der Waals surface area contributed by atoms with Crippen LogP contribution in [0, 0.1) is 5.41 Å². The van der Waals surface area contributed by atoms with Crippen LogP contribution in [0.1, 0.15) is 27.2 Å². The molecule has 2 heteroatoms. The van der Waals surface area contributed by atoms with Gasteiger partial charge in [-0.1, -0.05) is 32.4 Å². The zero-order valence-electron chi connectivity index (χ0n) is 7.61. The Morgan fingerprint density at radius 1 is 1.36 bits per heavy atom. The maximum absolute atomic E-state index is 3.31. The van der Waals surface area contributed by atoms with E-state index in [0.29, 0.717) is 5.41 Å². The van der Waals surface area contributed by atoms with E-state index in [0.717, 1.165) is 13.1 Å². The van der Waals surface area contributed by atoms with Crippen molar-refractivity contribution in [3.05, 3.63) is 11.6 Å². The van der Waals surface area contributed by atoms with Crippen molar-refractivity contribution in [1.29, 1.82) is 0 Å². The number of rotatable bonds is 0. The molecule has 0 aromatic carbocycles. The van der Waals surface area contributed by atoms with Gasteiger partial charge in [0.1, 0.15) is 0 Å². The Balaban J connectivity index is 0.000001000. The lowest BCUT2D eigenvalue weighted by molar-refractivity contribution is 0.464. The van der Waals surface area contributed by atoms with Crippen LogP contribution in [-0.4, -0.2) is 13.1 Å². The van der Waals surface area contributed by atoms with Crippen molar-refractivity contribution in [2.45, 2.75) is 27.2 Å². The maximum Gasteiger partial charge on any atom is 0.0137 e. The topological polar surface area (TPSA) is 12.0 Å². The highest BCUT2D eigenvalue weighted by Crippen LogP contribution is 2.28. The van der Waals surface area contributed by atoms with Crippen LogP contribution < -0.4 is 5.32 Å². The first-order valence-corrected chi connectivity index (χ1v) is 4.01. The molecular formula is C9H18ClN. The number of hydrogen-bond acceptors (Lipinski definition) is 1. The minimum atomic E-state index is 0. The van der Waals surface area contributed by atoms with Gasteiger partial charge in [0.25, 0.3) is 0 Å². The van der Waals surface area contributed by atoms with Crippen molar-refractivity contribution in [1.82, 2.24) is 5.32 Å². The van der Waals surface area contributed by atoms with Gasteiger partial charge in [-0.2, -0.15) is 0 Å². The summed E-state index contributed by atoms with van der Waals surface area (Å²) in [5, 5.41) is 3.31. The molecule has 0 aromatic rings. The smallest absolute Gasteiger partial charge is 0.0137 e. The zero-order chi connectivity index (χ0) is 7.61. The Hall–Kier alpha value is -0.0100. The summed E-state index contributed by atoms with van der Waals surface area (Å²) < 4.78 is 0. The maximum atomic E-state index is 3.31. The van der Waals surface area contributed by atoms with E-state index in [9.17, 15) is 0 Å². The minimum absolute atomic E-state index is 0. The second kappa shape index (κ2) is 4.13. The summed E-state index contributed by atoms with van der Waals surface area (Å²) in [7, 11) is 0. The molecule has 0 atom stereocenters. The summed E-state index contributed by atoms with van der Waals surface area (Å²) in [5.74, 6) is 0. The highest BCUT2D eigenvalue weighted by atomic mass is 35.5. The molecule has 1 heterocycles. The Morgan fingerprint density at radius 2 is 2.00 bits per heavy atom. The van der Waals surface area contributed by atoms with Gasteiger partial charge in [-0.25, -0.2) is 0 Å². The Morgan fingerprint density at radius 3 is 2.27 bits per heavy atom. The molecule has 0 saturated carbocycles. The molecule has 1 N–H and O–H groups in total. The fraction of sp³-hybridized carbons (Fsp3) is 0.778. The van der Waals surface area contributed by atoms with E-state index in [1.165, 1.54) is 6.42 Å². The van der Waals surface area contributed by atoms with Gasteiger partial charge in [-0.05, 0) is 18.4 Å². The van der Waals surface area contributed by atoms with E-state index in [4.69, 9.17) is 0 Å². The van der Waals surface area contributed by atoms with Crippen molar-refractivity contribution < 1.29 is 0 Å². The van der Waals surface area contributed by atoms with Crippen molar-refractivity contribution in [3.8, 4) is 0 Å². The molecule has 0 aromatic heterocycles. The molecule has 1 nitrogen and oxygen atoms in total. The molecule has 66 valence electrons. The first-order chi connectivity index (χ1) is 4.61. The Labute approximate surface area is 75.7 Å². The first-order valence-electron chi connectivity index (χ1n) is 4.01. The molecule has 0 bridgehead atoms. The molecule has 1 aliphatic rings. The molecule has 0 spiro atoms. The molecule has 0 unspecified atom stereocenters. The van der Waals surface area contributed by atoms with E-state index >= 15 is 0 Å². The lowest BCUT2D eigenvalue weighted by Crippen LogP contribution is -2.25. The standard InChI is InChI=1S/C9H17N.ClH/c1-9(2,3)8-4-6-10-7-5-8;/h4,10H,5-7H2,1-3H3;1H. The third kappa shape index (κ3) is 3.26. The summed E-state index contributed by atoms with van der Waals surface area (Å²) in [6.07, 6.45) is 3.55. The monoisotopic (exact) mass is 175 g/mol. The van der Waals surface area contributed by atoms with E-state index < -0.39 is 0 Å². The van der Waals surface area contributed by atoms with Crippen LogP contribution in [0.3, 0.4) is 0 Å². The fourth-order valence-electron chi connectivity index (χ4n) is 1.30. The van der Waals surface area contributed by atoms with E-state index in [1.807, 2.05) is 0 Å². The molecule has 0 aliphatic carbocycles. The Bertz CT molecular complexity index is 144. The van der Waals surface area contributed by atoms with Crippen molar-refractivity contribution >= 4 is 12.4 Å². The first kappa shape index (κ1) is 11.0. The van der Waals surface area contributed by atoms with Crippen molar-refractivity contribution in [2.75, 3.05) is 13.1 Å². The lowest BCUT2D eigenvalue weighted by atomic mass is 9.83. The minimum Gasteiger partial charge on any atom is -0.313 e. The van der Waals surface area contributed by atoms with Gasteiger partial charge in [0.15, 0.2) is 0 Å². The van der Waals surface area contributed by atoms with E-state index in [2.05, 4.69) is 32.2 Å². The molecule has 1 rings (SSSR count). The van der Waals surface area contributed by atoms with Gasteiger partial charge in [0.2, 0.25) is 0 Å². The molecule has 0 fully saturated rings. The van der Waals surface area contributed by atoms with Crippen molar-refractivity contribution in [3.63, 3.8) is 0 Å². The van der Waals surface area contributed by atoms with Gasteiger partial charge in [-0.15, -0.1) is 12.4 Å². The molecule has 1 aliphatic heterocycles. The SMILES string of the molecule is CC(C)(C)C1=CCNCC1.Cl. The third-order valence-electron chi connectivity index (χ3n) is 2.03. The van der Waals surface area contributed by atoms with Gasteiger partial charge in [0, 0.05) is 6.54 Å². The summed E-state index contributed by atoms with van der Waals surface area (Å²) in [6.45, 7) is 9.06. The Kier molecular flexibility index (Phi) is 4.12. The summed E-state index contributed by atoms with van der Waals surface area (Å²) in [4.78, 5) is 0. The zero-order valence-corrected chi connectivity index (χ0v) is 8.42. The largest absolute Gasteiger partial charge is 0.313 e. The highest BCUT2D eigenvalue weighted by molar-refractivity contribution is 5.85. The lowest BCUT2D eigenvalue weighted by Gasteiger charge is -2.26. The number of hydrogen-bond donors (Lipinski definition) is 1. The summed E-state index contributed by atoms with van der Waals surface area (Å²) in [5.41, 5.74) is 1.99. The molecule has 11 heavy (non-hydrogen) atoms. The normalized spacial score (nSPS) is 18.6. The van der Waals surface area contributed by atoms with E-state index in [-0.39, 0.29) is 12.4 Å². The van der Waals surface area contributed by atoms with Crippen LogP contribution >= 0.6 is 12.4 Å². The predicted octanol–water partition coefficient (Wildman–Crippen LogP) is 2.37. The second-order valence-corrected chi connectivity index (χ2v) is 3.93. The molecule has 0 saturated heterocycles. The number of nitrogens with one attached hydrogen (secondary N) is 1. The highest BCUT2D eigenvalue weighted by Gasteiger charge is 2.17. The van der Waals surface area contributed by atoms with Crippen LogP contribution in [0.15, 0.2) is 11.6 Å². The van der Waals surface area contributed by atoms with Gasteiger partial charge in [0.05, 0.1) is 0 Å². The number of halogens is 1. The van der Waals surface area contributed by atoms with Crippen molar-refractivity contribution in [2.24, 2.45) is 5.41 Å². The summed E-state index contributed by atoms with van der Waals surface area (Å²) in [6, 6.07) is 0. The van der Waals surface area contributed by atoms with Crippen LogP contribution in [0.5, 0.6) is 0 Å². The van der Waals surface area contributed by atoms with Crippen LogP contribution in [0.4, 0.5) is 0 Å². The van der Waals surface area contributed by atoms with Crippen LogP contribution in [0.2, 0.25) is 0 Å². The second-order valence-electron chi connectivity index (χ2n) is 3.93. The summed E-state index contributed by atoms with van der Waals surface area (Å²) >= 11 is 0. The average Bonchev–Trinajstić information content (AvgIpc) is 1.88. The molecule has 0 radical (unpaired) electrons. The van der Waals surface area contributed by atoms with E-state index in [1.54, 1.807) is 5.57 Å².